The van der Waals surface area contributed by atoms with Gasteiger partial charge in [0.15, 0.2) is 0 Å². The zero-order valence-corrected chi connectivity index (χ0v) is 24.6. The van der Waals surface area contributed by atoms with Crippen molar-refractivity contribution in [1.82, 2.24) is 0 Å². The summed E-state index contributed by atoms with van der Waals surface area (Å²) in [5, 5.41) is 3.31. The summed E-state index contributed by atoms with van der Waals surface area (Å²) in [6, 6.07) is 12.9. The van der Waals surface area contributed by atoms with Crippen LogP contribution in [0.15, 0.2) is 48.5 Å². The number of methoxy groups -OCH3 is 1. The average molecular weight is 571 g/mol. The standard InChI is InChI=1S/C30H35FN2O6S/c1-18(2)17-40(35,36)39-21-10-11-23(27(15-21)37-7)22-12-13-25-28(33(6)29(34)30(4,5)32-25)24(22)16-38-26-14-20(31)9-8-19(26)3/h8-15,18,32H,16-17H2,1-7H3. The van der Waals surface area contributed by atoms with Crippen LogP contribution in [0.2, 0.25) is 0 Å². The van der Waals surface area contributed by atoms with E-state index in [1.807, 2.05) is 32.9 Å². The predicted octanol–water partition coefficient (Wildman–Crippen LogP) is 5.92. The van der Waals surface area contributed by atoms with Crippen molar-refractivity contribution >= 4 is 27.4 Å². The second-order valence-corrected chi connectivity index (χ2v) is 12.5. The third-order valence-electron chi connectivity index (χ3n) is 6.65. The van der Waals surface area contributed by atoms with Crippen molar-refractivity contribution in [3.63, 3.8) is 0 Å². The first-order valence-corrected chi connectivity index (χ1v) is 14.5. The molecule has 0 unspecified atom stereocenters. The molecule has 0 atom stereocenters. The number of fused-ring (bicyclic) bond motifs is 1. The lowest BCUT2D eigenvalue weighted by Gasteiger charge is -2.39. The maximum atomic E-state index is 14.0. The molecule has 1 N–H and O–H groups in total. The molecule has 0 saturated carbocycles. The van der Waals surface area contributed by atoms with Crippen LogP contribution >= 0.6 is 0 Å². The van der Waals surface area contributed by atoms with E-state index >= 15 is 0 Å². The van der Waals surface area contributed by atoms with Gasteiger partial charge in [0.1, 0.15) is 35.2 Å². The second-order valence-electron chi connectivity index (χ2n) is 10.9. The number of hydrogen-bond donors (Lipinski definition) is 1. The molecule has 0 bridgehead atoms. The third kappa shape index (κ3) is 6.01. The highest BCUT2D eigenvalue weighted by atomic mass is 32.2. The van der Waals surface area contributed by atoms with E-state index in [0.717, 1.165) is 11.3 Å². The quantitative estimate of drug-likeness (QED) is 0.319. The molecule has 8 nitrogen and oxygen atoms in total. The van der Waals surface area contributed by atoms with Gasteiger partial charge in [-0.2, -0.15) is 8.42 Å². The molecule has 4 rings (SSSR count). The Morgan fingerprint density at radius 2 is 1.73 bits per heavy atom. The fourth-order valence-electron chi connectivity index (χ4n) is 4.84. The molecule has 0 aromatic heterocycles. The number of anilines is 2. The fourth-order valence-corrected chi connectivity index (χ4v) is 6.13. The van der Waals surface area contributed by atoms with Gasteiger partial charge < -0.3 is 23.9 Å². The zero-order chi connectivity index (χ0) is 29.4. The Morgan fingerprint density at radius 1 is 1.02 bits per heavy atom. The molecule has 0 radical (unpaired) electrons. The van der Waals surface area contributed by atoms with E-state index in [9.17, 15) is 17.6 Å². The van der Waals surface area contributed by atoms with Gasteiger partial charge >= 0.3 is 10.1 Å². The molecule has 1 aliphatic rings. The summed E-state index contributed by atoms with van der Waals surface area (Å²) in [6.07, 6.45) is 0. The molecule has 3 aromatic rings. The summed E-state index contributed by atoms with van der Waals surface area (Å²) in [5.74, 6) is 0.119. The van der Waals surface area contributed by atoms with Crippen molar-refractivity contribution in [1.29, 1.82) is 0 Å². The van der Waals surface area contributed by atoms with Crippen LogP contribution in [-0.2, 0) is 21.5 Å². The summed E-state index contributed by atoms with van der Waals surface area (Å²) in [6.45, 7) is 9.06. The summed E-state index contributed by atoms with van der Waals surface area (Å²) in [4.78, 5) is 14.8. The van der Waals surface area contributed by atoms with Gasteiger partial charge in [-0.15, -0.1) is 0 Å². The van der Waals surface area contributed by atoms with E-state index in [1.165, 1.54) is 25.3 Å². The Labute approximate surface area is 235 Å². The van der Waals surface area contributed by atoms with Crippen molar-refractivity contribution in [2.45, 2.75) is 46.8 Å². The summed E-state index contributed by atoms with van der Waals surface area (Å²) < 4.78 is 55.9. The van der Waals surface area contributed by atoms with Gasteiger partial charge in [-0.25, -0.2) is 4.39 Å². The van der Waals surface area contributed by atoms with E-state index in [4.69, 9.17) is 13.7 Å². The monoisotopic (exact) mass is 570 g/mol. The average Bonchev–Trinajstić information content (AvgIpc) is 2.86. The van der Waals surface area contributed by atoms with E-state index < -0.39 is 21.5 Å². The SMILES string of the molecule is COc1cc(OS(=O)(=O)CC(C)C)ccc1-c1ccc2c(c1COc1cc(F)ccc1C)N(C)C(=O)C(C)(C)N2. The van der Waals surface area contributed by atoms with Crippen molar-refractivity contribution in [2.24, 2.45) is 5.92 Å². The normalized spacial score (nSPS) is 14.5. The topological polar surface area (TPSA) is 94.2 Å². The molecule has 1 amide bonds. The van der Waals surface area contributed by atoms with Gasteiger partial charge in [-0.3, -0.25) is 4.79 Å². The van der Waals surface area contributed by atoms with Crippen LogP contribution in [0.5, 0.6) is 17.2 Å². The highest BCUT2D eigenvalue weighted by Crippen LogP contribution is 2.45. The maximum Gasteiger partial charge on any atom is 0.309 e. The van der Waals surface area contributed by atoms with Crippen molar-refractivity contribution < 1.29 is 31.3 Å². The van der Waals surface area contributed by atoms with Gasteiger partial charge in [-0.05, 0) is 62.1 Å². The van der Waals surface area contributed by atoms with E-state index in [2.05, 4.69) is 5.32 Å². The maximum absolute atomic E-state index is 14.0. The number of carbonyl (C=O) groups is 1. The number of amides is 1. The first kappa shape index (κ1) is 29.2. The van der Waals surface area contributed by atoms with Gasteiger partial charge in [-0.1, -0.05) is 26.0 Å². The molecule has 1 heterocycles. The molecule has 214 valence electrons. The largest absolute Gasteiger partial charge is 0.496 e. The Hall–Kier alpha value is -3.79. The molecule has 0 aliphatic carbocycles. The Balaban J connectivity index is 1.83. The minimum absolute atomic E-state index is 0.0205. The van der Waals surface area contributed by atoms with Crippen LogP contribution in [0, 0.1) is 18.7 Å². The van der Waals surface area contributed by atoms with Crippen LogP contribution < -0.4 is 23.9 Å². The number of nitrogens with one attached hydrogen (secondary N) is 1. The molecule has 3 aromatic carbocycles. The highest BCUT2D eigenvalue weighted by Gasteiger charge is 2.38. The number of nitrogens with zero attached hydrogens (tertiary/aromatic N) is 1. The lowest BCUT2D eigenvalue weighted by atomic mass is 9.91. The highest BCUT2D eigenvalue weighted by molar-refractivity contribution is 7.87. The number of likely N-dealkylation sites (N-methyl/N-ethyl adjacent to an activating group) is 1. The van der Waals surface area contributed by atoms with Crippen LogP contribution in [0.25, 0.3) is 11.1 Å². The lowest BCUT2D eigenvalue weighted by molar-refractivity contribution is -0.121. The molecule has 0 saturated heterocycles. The molecule has 10 heteroatoms. The summed E-state index contributed by atoms with van der Waals surface area (Å²) in [5.41, 5.74) is 3.31. The Kier molecular flexibility index (Phi) is 8.03. The van der Waals surface area contributed by atoms with Crippen LogP contribution in [-0.4, -0.2) is 39.8 Å². The lowest BCUT2D eigenvalue weighted by Crippen LogP contribution is -2.52. The minimum atomic E-state index is -3.79. The number of benzene rings is 3. The van der Waals surface area contributed by atoms with Crippen LogP contribution in [0.3, 0.4) is 0 Å². The third-order valence-corrected chi connectivity index (χ3v) is 8.17. The molecule has 40 heavy (non-hydrogen) atoms. The second kappa shape index (κ2) is 11.0. The molecule has 0 fully saturated rings. The molecule has 1 aliphatic heterocycles. The molecular formula is C30H35FN2O6S. The number of ether oxygens (including phenoxy) is 2. The van der Waals surface area contributed by atoms with Gasteiger partial charge in [0, 0.05) is 30.3 Å². The van der Waals surface area contributed by atoms with E-state index in [0.29, 0.717) is 33.9 Å². The zero-order valence-electron chi connectivity index (χ0n) is 23.8. The van der Waals surface area contributed by atoms with Crippen molar-refractivity contribution in [3.05, 3.63) is 65.5 Å². The fraction of sp³-hybridized carbons (Fsp3) is 0.367. The number of aryl methyl sites for hydroxylation is 1. The smallest absolute Gasteiger partial charge is 0.309 e. The Morgan fingerprint density at radius 3 is 2.40 bits per heavy atom. The molecule has 0 spiro atoms. The van der Waals surface area contributed by atoms with Crippen LogP contribution in [0.4, 0.5) is 15.8 Å². The van der Waals surface area contributed by atoms with Gasteiger partial charge in [0.25, 0.3) is 5.91 Å². The number of hydrogen-bond acceptors (Lipinski definition) is 7. The first-order chi connectivity index (χ1) is 18.7. The number of halogens is 1. The predicted molar refractivity (Wildman–Crippen MR) is 154 cm³/mol. The number of rotatable bonds is 9. The minimum Gasteiger partial charge on any atom is -0.496 e. The first-order valence-electron chi connectivity index (χ1n) is 12.9. The number of carbonyl (C=O) groups excluding carboxylic acids is 1. The van der Waals surface area contributed by atoms with Gasteiger partial charge in [0.05, 0.1) is 24.2 Å². The van der Waals surface area contributed by atoms with E-state index in [-0.39, 0.29) is 29.9 Å². The van der Waals surface area contributed by atoms with Crippen molar-refractivity contribution in [3.8, 4) is 28.4 Å². The van der Waals surface area contributed by atoms with Crippen molar-refractivity contribution in [2.75, 3.05) is 30.1 Å². The summed E-state index contributed by atoms with van der Waals surface area (Å²) >= 11 is 0. The molecular weight excluding hydrogens is 535 g/mol. The van der Waals surface area contributed by atoms with Crippen LogP contribution in [0.1, 0.15) is 38.8 Å². The Bertz CT molecular complexity index is 1550. The van der Waals surface area contributed by atoms with E-state index in [1.54, 1.807) is 44.0 Å². The summed E-state index contributed by atoms with van der Waals surface area (Å²) in [7, 11) is -0.598. The van der Waals surface area contributed by atoms with Gasteiger partial charge in [0.2, 0.25) is 0 Å².